The number of rotatable bonds is 9. The number of carbonyl (C=O) groups is 1. The molecule has 222 valence electrons. The summed E-state index contributed by atoms with van der Waals surface area (Å²) in [6, 6.07) is 39.9. The molecular formula is C39H39N3OS. The summed E-state index contributed by atoms with van der Waals surface area (Å²) in [7, 11) is 0. The molecule has 0 bridgehead atoms. The van der Waals surface area contributed by atoms with Gasteiger partial charge in [0.1, 0.15) is 0 Å². The molecule has 5 aromatic carbocycles. The molecule has 1 aliphatic heterocycles. The summed E-state index contributed by atoms with van der Waals surface area (Å²) in [5.74, 6) is -0.0269. The summed E-state index contributed by atoms with van der Waals surface area (Å²) < 4.78 is 0. The number of nitrogens with zero attached hydrogens (tertiary/aromatic N) is 3. The molecular weight excluding hydrogens is 559 g/mol. The Kier molecular flexibility index (Phi) is 8.76. The van der Waals surface area contributed by atoms with E-state index in [4.69, 9.17) is 0 Å². The Labute approximate surface area is 266 Å². The Hall–Kier alpha value is -4.48. The summed E-state index contributed by atoms with van der Waals surface area (Å²) >= 11 is 1.75. The van der Waals surface area contributed by atoms with Gasteiger partial charge >= 0.3 is 0 Å². The van der Waals surface area contributed by atoms with Crippen LogP contribution in [-0.4, -0.2) is 32.1 Å². The highest BCUT2D eigenvalue weighted by molar-refractivity contribution is 7.99. The van der Waals surface area contributed by atoms with Crippen molar-refractivity contribution in [2.24, 2.45) is 0 Å². The van der Waals surface area contributed by atoms with Crippen molar-refractivity contribution < 1.29 is 4.79 Å². The van der Waals surface area contributed by atoms with Gasteiger partial charge in [0, 0.05) is 64.0 Å². The van der Waals surface area contributed by atoms with Gasteiger partial charge in [0.25, 0.3) is 5.91 Å². The number of benzene rings is 5. The fourth-order valence-corrected chi connectivity index (χ4v) is 7.33. The molecule has 0 unspecified atom stereocenters. The molecule has 1 amide bonds. The third kappa shape index (κ3) is 5.48. The Morgan fingerprint density at radius 1 is 0.568 bits per heavy atom. The zero-order valence-corrected chi connectivity index (χ0v) is 26.8. The molecule has 0 radical (unpaired) electrons. The van der Waals surface area contributed by atoms with Crippen LogP contribution in [0.5, 0.6) is 0 Å². The molecule has 4 nitrogen and oxygen atoms in total. The lowest BCUT2D eigenvalue weighted by Gasteiger charge is -2.32. The first kappa shape index (κ1) is 29.6. The largest absolute Gasteiger partial charge is 0.372 e. The molecule has 0 aliphatic carbocycles. The van der Waals surface area contributed by atoms with E-state index in [1.165, 1.54) is 22.5 Å². The van der Waals surface area contributed by atoms with Crippen molar-refractivity contribution in [3.8, 4) is 22.3 Å². The highest BCUT2D eigenvalue weighted by Gasteiger charge is 2.30. The third-order valence-electron chi connectivity index (χ3n) is 8.48. The van der Waals surface area contributed by atoms with E-state index in [-0.39, 0.29) is 5.91 Å². The van der Waals surface area contributed by atoms with Crippen molar-refractivity contribution in [2.45, 2.75) is 37.5 Å². The minimum absolute atomic E-state index is 0.0269. The summed E-state index contributed by atoms with van der Waals surface area (Å²) in [5, 5.41) is 0. The molecule has 0 atom stereocenters. The van der Waals surface area contributed by atoms with Gasteiger partial charge < -0.3 is 9.80 Å². The van der Waals surface area contributed by atoms with E-state index >= 15 is 0 Å². The average molecular weight is 598 g/mol. The van der Waals surface area contributed by atoms with Gasteiger partial charge in [0.2, 0.25) is 0 Å². The van der Waals surface area contributed by atoms with Gasteiger partial charge in [-0.25, -0.2) is 0 Å². The second-order valence-electron chi connectivity index (χ2n) is 10.9. The molecule has 0 saturated carbocycles. The fourth-order valence-electron chi connectivity index (χ4n) is 6.19. The van der Waals surface area contributed by atoms with E-state index in [9.17, 15) is 4.79 Å². The number of hydrogen-bond donors (Lipinski definition) is 0. The maximum Gasteiger partial charge on any atom is 0.262 e. The normalized spacial score (nSPS) is 12.0. The first-order valence-corrected chi connectivity index (χ1v) is 16.4. The Morgan fingerprint density at radius 2 is 1.00 bits per heavy atom. The number of fused-ring (bicyclic) bond motifs is 2. The minimum atomic E-state index is -0.0269. The number of anilines is 4. The number of para-hydroxylation sites is 2. The molecule has 0 saturated heterocycles. The van der Waals surface area contributed by atoms with Crippen LogP contribution in [0, 0.1) is 0 Å². The van der Waals surface area contributed by atoms with E-state index in [1.807, 2.05) is 35.2 Å². The molecule has 0 fully saturated rings. The average Bonchev–Trinajstić information content (AvgIpc) is 3.08. The quantitative estimate of drug-likeness (QED) is 0.169. The molecule has 0 N–H and O–H groups in total. The predicted molar refractivity (Wildman–Crippen MR) is 188 cm³/mol. The maximum absolute atomic E-state index is 14.2. The third-order valence-corrected chi connectivity index (χ3v) is 9.58. The van der Waals surface area contributed by atoms with Crippen molar-refractivity contribution >= 4 is 40.4 Å². The van der Waals surface area contributed by atoms with Crippen LogP contribution in [-0.2, 0) is 0 Å². The summed E-state index contributed by atoms with van der Waals surface area (Å²) in [5.41, 5.74) is 9.66. The van der Waals surface area contributed by atoms with Gasteiger partial charge in [-0.2, -0.15) is 0 Å². The van der Waals surface area contributed by atoms with E-state index in [0.717, 1.165) is 58.5 Å². The van der Waals surface area contributed by atoms with Crippen molar-refractivity contribution in [3.63, 3.8) is 0 Å². The monoisotopic (exact) mass is 597 g/mol. The van der Waals surface area contributed by atoms with Gasteiger partial charge in [0.05, 0.1) is 11.4 Å². The van der Waals surface area contributed by atoms with Crippen LogP contribution < -0.4 is 14.7 Å². The summed E-state index contributed by atoms with van der Waals surface area (Å²) in [6.45, 7) is 12.6. The fraction of sp³-hybridized carbons (Fsp3) is 0.205. The van der Waals surface area contributed by atoms with Crippen molar-refractivity contribution in [2.75, 3.05) is 40.9 Å². The lowest BCUT2D eigenvalue weighted by molar-refractivity contribution is 0.0998. The lowest BCUT2D eigenvalue weighted by Crippen LogP contribution is -2.28. The first-order chi connectivity index (χ1) is 21.6. The highest BCUT2D eigenvalue weighted by atomic mass is 32.2. The van der Waals surface area contributed by atoms with E-state index in [0.29, 0.717) is 5.56 Å². The minimum Gasteiger partial charge on any atom is -0.372 e. The van der Waals surface area contributed by atoms with Crippen LogP contribution in [0.15, 0.2) is 125 Å². The Morgan fingerprint density at radius 3 is 1.45 bits per heavy atom. The summed E-state index contributed by atoms with van der Waals surface area (Å²) in [6.07, 6.45) is 0. The highest BCUT2D eigenvalue weighted by Crippen LogP contribution is 2.51. The maximum atomic E-state index is 14.2. The molecule has 0 aromatic heterocycles. The van der Waals surface area contributed by atoms with Gasteiger partial charge in [-0.15, -0.1) is 0 Å². The van der Waals surface area contributed by atoms with Crippen molar-refractivity contribution in [3.05, 3.63) is 121 Å². The van der Waals surface area contributed by atoms with Crippen molar-refractivity contribution in [1.29, 1.82) is 0 Å². The molecule has 5 aromatic rings. The second kappa shape index (κ2) is 13.0. The predicted octanol–water partition coefficient (Wildman–Crippen LogP) is 10.2. The van der Waals surface area contributed by atoms with Crippen molar-refractivity contribution in [1.82, 2.24) is 0 Å². The SMILES string of the molecule is CCN(CC)c1ccccc1-c1ccc2c(c1)Sc1cc(-c3ccccc3N(CC)CC)ccc1N2C(=O)c1ccccc1. The van der Waals surface area contributed by atoms with Gasteiger partial charge in [-0.1, -0.05) is 78.5 Å². The topological polar surface area (TPSA) is 26.8 Å². The zero-order valence-electron chi connectivity index (χ0n) is 26.0. The number of amides is 1. The van der Waals surface area contributed by atoms with Crippen LogP contribution in [0.2, 0.25) is 0 Å². The molecule has 1 heterocycles. The van der Waals surface area contributed by atoms with Gasteiger partial charge in [0.15, 0.2) is 0 Å². The van der Waals surface area contributed by atoms with Gasteiger partial charge in [-0.05, 0) is 87.4 Å². The first-order valence-electron chi connectivity index (χ1n) is 15.6. The van der Waals surface area contributed by atoms with Crippen LogP contribution in [0.1, 0.15) is 38.1 Å². The van der Waals surface area contributed by atoms with Crippen LogP contribution in [0.3, 0.4) is 0 Å². The Balaban J connectivity index is 1.50. The van der Waals surface area contributed by atoms with Crippen LogP contribution in [0.4, 0.5) is 22.7 Å². The second-order valence-corrected chi connectivity index (χ2v) is 11.9. The lowest BCUT2D eigenvalue weighted by atomic mass is 10.0. The molecule has 44 heavy (non-hydrogen) atoms. The smallest absolute Gasteiger partial charge is 0.262 e. The molecule has 0 spiro atoms. The molecule has 6 rings (SSSR count). The van der Waals surface area contributed by atoms with E-state index in [1.54, 1.807) is 11.8 Å². The van der Waals surface area contributed by atoms with Crippen LogP contribution >= 0.6 is 11.8 Å². The van der Waals surface area contributed by atoms with E-state index < -0.39 is 0 Å². The zero-order chi connectivity index (χ0) is 30.6. The Bertz CT molecular complexity index is 1670. The molecule has 1 aliphatic rings. The number of carbonyl (C=O) groups excluding carboxylic acids is 1. The van der Waals surface area contributed by atoms with E-state index in [2.05, 4.69) is 122 Å². The van der Waals surface area contributed by atoms with Gasteiger partial charge in [-0.3, -0.25) is 9.69 Å². The van der Waals surface area contributed by atoms with Crippen LogP contribution in [0.25, 0.3) is 22.3 Å². The number of hydrogen-bond acceptors (Lipinski definition) is 4. The summed E-state index contributed by atoms with van der Waals surface area (Å²) in [4.78, 5) is 23.0. The standard InChI is InChI=1S/C39H39N3OS/c1-5-40(6-2)33-20-14-12-18-31(33)29-22-24-35-37(26-29)44-38-27-30(32-19-13-15-21-34(32)41(7-3)8-4)23-25-36(38)42(35)39(43)28-16-10-9-11-17-28/h9-27H,5-8H2,1-4H3. The molecule has 5 heteroatoms.